The first-order valence-electron chi connectivity index (χ1n) is 8.22. The minimum atomic E-state index is 0.750. The highest BCUT2D eigenvalue weighted by Crippen LogP contribution is 2.30. The van der Waals surface area contributed by atoms with E-state index >= 15 is 0 Å². The predicted molar refractivity (Wildman–Crippen MR) is 91.5 cm³/mol. The van der Waals surface area contributed by atoms with Gasteiger partial charge in [0.1, 0.15) is 11.5 Å². The van der Waals surface area contributed by atoms with Crippen molar-refractivity contribution in [3.8, 4) is 22.6 Å². The molecule has 2 nitrogen and oxygen atoms in total. The van der Waals surface area contributed by atoms with Crippen molar-refractivity contribution < 1.29 is 9.47 Å². The number of benzene rings is 2. The van der Waals surface area contributed by atoms with Crippen LogP contribution in [-0.4, -0.2) is 13.2 Å². The van der Waals surface area contributed by atoms with Crippen LogP contribution in [-0.2, 0) is 0 Å². The molecule has 0 aliphatic heterocycles. The van der Waals surface area contributed by atoms with Gasteiger partial charge >= 0.3 is 0 Å². The van der Waals surface area contributed by atoms with E-state index in [2.05, 4.69) is 32.0 Å². The second-order valence-electron chi connectivity index (χ2n) is 5.34. The summed E-state index contributed by atoms with van der Waals surface area (Å²) in [4.78, 5) is 0. The molecular formula is C20H25O2. The maximum Gasteiger partial charge on any atom is 0.127 e. The molecular weight excluding hydrogens is 272 g/mol. The van der Waals surface area contributed by atoms with Crippen molar-refractivity contribution in [1.29, 1.82) is 0 Å². The second kappa shape index (κ2) is 9.14. The summed E-state index contributed by atoms with van der Waals surface area (Å²) in [6.45, 7) is 5.86. The van der Waals surface area contributed by atoms with Gasteiger partial charge in [-0.05, 0) is 42.7 Å². The van der Waals surface area contributed by atoms with Crippen LogP contribution in [0.3, 0.4) is 0 Å². The Kier molecular flexibility index (Phi) is 6.82. The van der Waals surface area contributed by atoms with Crippen LogP contribution in [0.2, 0.25) is 0 Å². The van der Waals surface area contributed by atoms with Crippen LogP contribution >= 0.6 is 0 Å². The van der Waals surface area contributed by atoms with Crippen molar-refractivity contribution >= 4 is 0 Å². The molecule has 2 aromatic rings. The van der Waals surface area contributed by atoms with Gasteiger partial charge in [-0.25, -0.2) is 0 Å². The first kappa shape index (κ1) is 16.4. The highest BCUT2D eigenvalue weighted by molar-refractivity contribution is 5.70. The minimum absolute atomic E-state index is 0.750. The van der Waals surface area contributed by atoms with Gasteiger partial charge in [0.15, 0.2) is 0 Å². The zero-order valence-electron chi connectivity index (χ0n) is 13.6. The fraction of sp³-hybridized carbons (Fsp3) is 0.400. The first-order valence-corrected chi connectivity index (χ1v) is 8.22. The van der Waals surface area contributed by atoms with Crippen LogP contribution in [0.4, 0.5) is 0 Å². The zero-order chi connectivity index (χ0) is 15.6. The van der Waals surface area contributed by atoms with Gasteiger partial charge < -0.3 is 9.47 Å². The van der Waals surface area contributed by atoms with E-state index in [0.717, 1.165) is 61.5 Å². The van der Waals surface area contributed by atoms with Crippen LogP contribution in [0.15, 0.2) is 42.5 Å². The molecule has 2 aromatic carbocycles. The van der Waals surface area contributed by atoms with Gasteiger partial charge in [0.25, 0.3) is 0 Å². The third-order valence-electron chi connectivity index (χ3n) is 3.48. The van der Waals surface area contributed by atoms with Crippen LogP contribution in [0.25, 0.3) is 11.1 Å². The Morgan fingerprint density at radius 3 is 2.23 bits per heavy atom. The smallest absolute Gasteiger partial charge is 0.127 e. The van der Waals surface area contributed by atoms with Crippen molar-refractivity contribution in [3.63, 3.8) is 0 Å². The first-order chi connectivity index (χ1) is 10.8. The molecule has 0 fully saturated rings. The minimum Gasteiger partial charge on any atom is -0.494 e. The van der Waals surface area contributed by atoms with Crippen molar-refractivity contribution in [3.05, 3.63) is 48.5 Å². The average molecular weight is 297 g/mol. The molecule has 0 aliphatic rings. The van der Waals surface area contributed by atoms with E-state index in [1.54, 1.807) is 0 Å². The lowest BCUT2D eigenvalue weighted by molar-refractivity contribution is 0.309. The lowest BCUT2D eigenvalue weighted by Gasteiger charge is -2.12. The predicted octanol–water partition coefficient (Wildman–Crippen LogP) is 5.51. The van der Waals surface area contributed by atoms with E-state index in [9.17, 15) is 0 Å². The molecule has 2 heteroatoms. The van der Waals surface area contributed by atoms with Crippen LogP contribution in [0.5, 0.6) is 11.5 Å². The zero-order valence-corrected chi connectivity index (χ0v) is 13.6. The largest absolute Gasteiger partial charge is 0.494 e. The molecule has 0 aromatic heterocycles. The maximum atomic E-state index is 5.88. The molecule has 117 valence electrons. The van der Waals surface area contributed by atoms with E-state index < -0.39 is 0 Å². The van der Waals surface area contributed by atoms with Crippen molar-refractivity contribution in [2.75, 3.05) is 13.2 Å². The Balaban J connectivity index is 2.07. The lowest BCUT2D eigenvalue weighted by atomic mass is 10.0. The Labute approximate surface area is 134 Å². The van der Waals surface area contributed by atoms with Gasteiger partial charge in [-0.15, -0.1) is 0 Å². The molecule has 0 atom stereocenters. The van der Waals surface area contributed by atoms with Crippen molar-refractivity contribution in [2.45, 2.75) is 39.5 Å². The summed E-state index contributed by atoms with van der Waals surface area (Å²) in [5, 5.41) is 0. The van der Waals surface area contributed by atoms with Crippen LogP contribution < -0.4 is 9.47 Å². The topological polar surface area (TPSA) is 18.5 Å². The lowest BCUT2D eigenvalue weighted by Crippen LogP contribution is -1.98. The molecule has 0 aliphatic carbocycles. The molecule has 0 amide bonds. The van der Waals surface area contributed by atoms with Crippen LogP contribution in [0.1, 0.15) is 39.5 Å². The van der Waals surface area contributed by atoms with E-state index in [1.807, 2.05) is 30.3 Å². The number of ether oxygens (including phenoxy) is 2. The molecule has 0 saturated heterocycles. The van der Waals surface area contributed by atoms with Crippen molar-refractivity contribution in [1.82, 2.24) is 0 Å². The van der Waals surface area contributed by atoms with Crippen molar-refractivity contribution in [2.24, 2.45) is 0 Å². The summed E-state index contributed by atoms with van der Waals surface area (Å²) >= 11 is 0. The molecule has 0 heterocycles. The second-order valence-corrected chi connectivity index (χ2v) is 5.34. The van der Waals surface area contributed by atoms with Gasteiger partial charge in [0, 0.05) is 5.56 Å². The maximum absolute atomic E-state index is 5.88. The Bertz CT molecular complexity index is 546. The molecule has 2 rings (SSSR count). The van der Waals surface area contributed by atoms with E-state index in [-0.39, 0.29) is 0 Å². The third kappa shape index (κ3) is 4.80. The van der Waals surface area contributed by atoms with E-state index in [1.165, 1.54) is 0 Å². The summed E-state index contributed by atoms with van der Waals surface area (Å²) in [7, 11) is 0. The van der Waals surface area contributed by atoms with E-state index in [0.29, 0.717) is 0 Å². The van der Waals surface area contributed by atoms with Gasteiger partial charge in [-0.2, -0.15) is 0 Å². The normalized spacial score (nSPS) is 10.5. The molecule has 22 heavy (non-hydrogen) atoms. The summed E-state index contributed by atoms with van der Waals surface area (Å²) < 4.78 is 11.6. The fourth-order valence-electron chi connectivity index (χ4n) is 2.15. The average Bonchev–Trinajstić information content (AvgIpc) is 2.57. The SMILES string of the molecule is CCCCOc1ccc(-c2[c]cccc2OCCCC)cc1. The highest BCUT2D eigenvalue weighted by atomic mass is 16.5. The van der Waals surface area contributed by atoms with Gasteiger partial charge in [-0.1, -0.05) is 51.0 Å². The number of hydrogen-bond donors (Lipinski definition) is 0. The van der Waals surface area contributed by atoms with Gasteiger partial charge in [-0.3, -0.25) is 0 Å². The van der Waals surface area contributed by atoms with Gasteiger partial charge in [0.2, 0.25) is 0 Å². The highest BCUT2D eigenvalue weighted by Gasteiger charge is 2.06. The Morgan fingerprint density at radius 2 is 1.55 bits per heavy atom. The summed E-state index contributed by atoms with van der Waals surface area (Å²) in [5.41, 5.74) is 2.12. The third-order valence-corrected chi connectivity index (χ3v) is 3.48. The summed E-state index contributed by atoms with van der Waals surface area (Å²) in [5.74, 6) is 1.82. The standard InChI is InChI=1S/C20H25O2/c1-3-5-15-21-18-13-11-17(12-14-18)19-9-7-8-10-20(19)22-16-6-4-2/h7-8,10-14H,3-6,15-16H2,1-2H3. The summed E-state index contributed by atoms with van der Waals surface area (Å²) in [6.07, 6.45) is 4.44. The number of rotatable bonds is 9. The molecule has 1 radical (unpaired) electrons. The van der Waals surface area contributed by atoms with E-state index in [4.69, 9.17) is 9.47 Å². The molecule has 0 N–H and O–H groups in total. The van der Waals surface area contributed by atoms with Crippen LogP contribution in [0, 0.1) is 6.07 Å². The Morgan fingerprint density at radius 1 is 0.864 bits per heavy atom. The fourth-order valence-corrected chi connectivity index (χ4v) is 2.15. The number of unbranched alkanes of at least 4 members (excludes halogenated alkanes) is 2. The Hall–Kier alpha value is -1.96. The molecule has 0 spiro atoms. The quantitative estimate of drug-likeness (QED) is 0.568. The number of hydrogen-bond acceptors (Lipinski definition) is 2. The summed E-state index contributed by atoms with van der Waals surface area (Å²) in [6, 6.07) is 17.4. The monoisotopic (exact) mass is 297 g/mol. The van der Waals surface area contributed by atoms with Gasteiger partial charge in [0.05, 0.1) is 13.2 Å². The molecule has 0 unspecified atom stereocenters. The molecule has 0 bridgehead atoms. The molecule has 0 saturated carbocycles.